The van der Waals surface area contributed by atoms with Crippen LogP contribution in [0.3, 0.4) is 0 Å². The van der Waals surface area contributed by atoms with Crippen LogP contribution in [0.4, 0.5) is 10.1 Å². The van der Waals surface area contributed by atoms with Crippen LogP contribution in [0.25, 0.3) is 0 Å². The minimum absolute atomic E-state index is 0.213. The molecule has 2 aliphatic rings. The molecule has 1 aromatic carbocycles. The lowest BCUT2D eigenvalue weighted by Crippen LogP contribution is -2.46. The lowest BCUT2D eigenvalue weighted by atomic mass is 9.72. The van der Waals surface area contributed by atoms with E-state index in [9.17, 15) is 9.18 Å². The Balaban J connectivity index is 1.64. The number of carbonyl (C=O) groups is 1. The normalized spacial score (nSPS) is 27.4. The van der Waals surface area contributed by atoms with Crippen LogP contribution in [0, 0.1) is 11.2 Å². The van der Waals surface area contributed by atoms with E-state index >= 15 is 0 Å². The van der Waals surface area contributed by atoms with Gasteiger partial charge < -0.3 is 9.33 Å². The van der Waals surface area contributed by atoms with Gasteiger partial charge in [0.15, 0.2) is 8.32 Å². The predicted molar refractivity (Wildman–Crippen MR) is 106 cm³/mol. The summed E-state index contributed by atoms with van der Waals surface area (Å²) < 4.78 is 19.7. The molecule has 1 amide bonds. The van der Waals surface area contributed by atoms with Gasteiger partial charge in [-0.3, -0.25) is 4.79 Å². The van der Waals surface area contributed by atoms with Gasteiger partial charge in [0.2, 0.25) is 5.91 Å². The summed E-state index contributed by atoms with van der Waals surface area (Å²) in [5, 5.41) is 0.213. The van der Waals surface area contributed by atoms with Gasteiger partial charge in [-0.05, 0) is 74.5 Å². The van der Waals surface area contributed by atoms with Crippen molar-refractivity contribution in [3.8, 4) is 0 Å². The first-order valence-electron chi connectivity index (χ1n) is 9.79. The van der Waals surface area contributed by atoms with Gasteiger partial charge in [0, 0.05) is 18.3 Å². The van der Waals surface area contributed by atoms with Crippen LogP contribution in [-0.4, -0.2) is 26.9 Å². The molecule has 144 valence electrons. The smallest absolute Gasteiger partial charge is 0.233 e. The van der Waals surface area contributed by atoms with Crippen LogP contribution < -0.4 is 4.90 Å². The zero-order valence-electron chi connectivity index (χ0n) is 16.8. The van der Waals surface area contributed by atoms with E-state index in [1.165, 1.54) is 12.1 Å². The summed E-state index contributed by atoms with van der Waals surface area (Å²) in [7, 11) is -1.76. The average molecular weight is 378 g/mol. The third kappa shape index (κ3) is 3.61. The van der Waals surface area contributed by atoms with Gasteiger partial charge in [-0.2, -0.15) is 0 Å². The van der Waals surface area contributed by atoms with Gasteiger partial charge >= 0.3 is 0 Å². The molecular formula is C21H32FNO2Si. The molecule has 1 spiro atoms. The van der Waals surface area contributed by atoms with Crippen LogP contribution in [0.2, 0.25) is 18.1 Å². The second kappa shape index (κ2) is 6.75. The molecule has 0 radical (unpaired) electrons. The molecule has 2 fully saturated rings. The van der Waals surface area contributed by atoms with E-state index in [1.54, 1.807) is 12.1 Å². The summed E-state index contributed by atoms with van der Waals surface area (Å²) in [6.45, 7) is 12.1. The Morgan fingerprint density at radius 2 is 1.69 bits per heavy atom. The summed E-state index contributed by atoms with van der Waals surface area (Å²) in [5.41, 5.74) is 0.578. The van der Waals surface area contributed by atoms with Crippen molar-refractivity contribution in [1.82, 2.24) is 0 Å². The lowest BCUT2D eigenvalue weighted by molar-refractivity contribution is -0.128. The Bertz CT molecular complexity index is 658. The first-order chi connectivity index (χ1) is 12.0. The van der Waals surface area contributed by atoms with Gasteiger partial charge in [0.05, 0.1) is 5.41 Å². The third-order valence-corrected chi connectivity index (χ3v) is 11.3. The molecule has 26 heavy (non-hydrogen) atoms. The summed E-state index contributed by atoms with van der Waals surface area (Å²) in [4.78, 5) is 15.0. The molecule has 0 atom stereocenters. The Kier molecular flexibility index (Phi) is 5.08. The minimum atomic E-state index is -1.76. The molecule has 1 heterocycles. The molecule has 0 unspecified atom stereocenters. The third-order valence-electron chi connectivity index (χ3n) is 6.81. The second-order valence-corrected chi connectivity index (χ2v) is 14.3. The summed E-state index contributed by atoms with van der Waals surface area (Å²) in [6.07, 6.45) is 4.93. The predicted octanol–water partition coefficient (Wildman–Crippen LogP) is 5.51. The Morgan fingerprint density at radius 3 is 2.23 bits per heavy atom. The molecule has 0 N–H and O–H groups in total. The fraction of sp³-hybridized carbons (Fsp3) is 0.667. The second-order valence-electron chi connectivity index (χ2n) is 9.54. The molecule has 0 bridgehead atoms. The molecule has 3 rings (SSSR count). The van der Waals surface area contributed by atoms with Crippen molar-refractivity contribution >= 4 is 19.9 Å². The standard InChI is InChI=1S/C21H32FNO2Si/c1-20(2,3)26(4,5)25-18-10-12-21(13-11-18)14-15-23(19(21)24)17-8-6-16(22)7-9-17/h6-9,18H,10-15H2,1-5H3. The molecule has 5 heteroatoms. The molecule has 3 nitrogen and oxygen atoms in total. The van der Waals surface area contributed by atoms with Crippen LogP contribution in [0.1, 0.15) is 52.9 Å². The maximum Gasteiger partial charge on any atom is 0.233 e. The highest BCUT2D eigenvalue weighted by Crippen LogP contribution is 2.48. The molecule has 0 aromatic heterocycles. The van der Waals surface area contributed by atoms with E-state index < -0.39 is 8.32 Å². The van der Waals surface area contributed by atoms with E-state index in [1.807, 2.05) is 4.90 Å². The summed E-state index contributed by atoms with van der Waals surface area (Å²) in [6, 6.07) is 6.27. The van der Waals surface area contributed by atoms with Crippen molar-refractivity contribution < 1.29 is 13.6 Å². The highest BCUT2D eigenvalue weighted by molar-refractivity contribution is 6.74. The molecule has 1 saturated heterocycles. The van der Waals surface area contributed by atoms with Crippen molar-refractivity contribution in [2.45, 2.75) is 77.1 Å². The minimum Gasteiger partial charge on any atom is -0.414 e. The monoisotopic (exact) mass is 377 g/mol. The molecule has 1 aromatic rings. The Labute approximate surface area is 158 Å². The number of hydrogen-bond acceptors (Lipinski definition) is 2. The quantitative estimate of drug-likeness (QED) is 0.650. The molecular weight excluding hydrogens is 345 g/mol. The van der Waals surface area contributed by atoms with Crippen LogP contribution in [-0.2, 0) is 9.22 Å². The van der Waals surface area contributed by atoms with Gasteiger partial charge in [-0.25, -0.2) is 4.39 Å². The van der Waals surface area contributed by atoms with Crippen molar-refractivity contribution in [2.75, 3.05) is 11.4 Å². The largest absolute Gasteiger partial charge is 0.414 e. The van der Waals surface area contributed by atoms with Crippen molar-refractivity contribution in [3.05, 3.63) is 30.1 Å². The van der Waals surface area contributed by atoms with E-state index in [4.69, 9.17) is 4.43 Å². The van der Waals surface area contributed by atoms with Crippen molar-refractivity contribution in [2.24, 2.45) is 5.41 Å². The van der Waals surface area contributed by atoms with Gasteiger partial charge in [-0.15, -0.1) is 0 Å². The highest BCUT2D eigenvalue weighted by Gasteiger charge is 2.50. The van der Waals surface area contributed by atoms with E-state index in [-0.39, 0.29) is 28.3 Å². The van der Waals surface area contributed by atoms with Gasteiger partial charge in [0.1, 0.15) is 5.82 Å². The fourth-order valence-corrected chi connectivity index (χ4v) is 5.43. The summed E-state index contributed by atoms with van der Waals surface area (Å²) >= 11 is 0. The number of amides is 1. The average Bonchev–Trinajstić information content (AvgIpc) is 2.86. The highest BCUT2D eigenvalue weighted by atomic mass is 28.4. The zero-order chi connectivity index (χ0) is 19.2. The van der Waals surface area contributed by atoms with Gasteiger partial charge in [-0.1, -0.05) is 20.8 Å². The molecule has 1 saturated carbocycles. The number of benzene rings is 1. The first kappa shape index (κ1) is 19.6. The Morgan fingerprint density at radius 1 is 1.12 bits per heavy atom. The first-order valence-corrected chi connectivity index (χ1v) is 12.7. The number of carbonyl (C=O) groups excluding carboxylic acids is 1. The van der Waals surface area contributed by atoms with Crippen molar-refractivity contribution in [3.63, 3.8) is 0 Å². The topological polar surface area (TPSA) is 29.5 Å². The van der Waals surface area contributed by atoms with Crippen LogP contribution >= 0.6 is 0 Å². The molecule has 1 aliphatic heterocycles. The zero-order valence-corrected chi connectivity index (χ0v) is 17.8. The number of hydrogen-bond donors (Lipinski definition) is 0. The lowest BCUT2D eigenvalue weighted by Gasteiger charge is -2.43. The SMILES string of the molecule is CC(C)(C)[Si](C)(C)OC1CCC2(CC1)CCN(c1ccc(F)cc1)C2=O. The number of nitrogens with zero attached hydrogens (tertiary/aromatic N) is 1. The van der Waals surface area contributed by atoms with Crippen LogP contribution in [0.5, 0.6) is 0 Å². The van der Waals surface area contributed by atoms with Crippen LogP contribution in [0.15, 0.2) is 24.3 Å². The van der Waals surface area contributed by atoms with Gasteiger partial charge in [0.25, 0.3) is 0 Å². The van der Waals surface area contributed by atoms with Crippen molar-refractivity contribution in [1.29, 1.82) is 0 Å². The number of halogens is 1. The summed E-state index contributed by atoms with van der Waals surface area (Å²) in [5.74, 6) is -0.0479. The Hall–Kier alpha value is -1.20. The number of rotatable bonds is 3. The molecule has 1 aliphatic carbocycles. The maximum atomic E-state index is 13.2. The van der Waals surface area contributed by atoms with E-state index in [2.05, 4.69) is 33.9 Å². The van der Waals surface area contributed by atoms with E-state index in [0.717, 1.165) is 44.3 Å². The maximum absolute atomic E-state index is 13.2. The number of anilines is 1. The van der Waals surface area contributed by atoms with E-state index in [0.29, 0.717) is 0 Å². The fourth-order valence-electron chi connectivity index (χ4n) is 4.01.